The minimum absolute atomic E-state index is 0.129. The fourth-order valence-electron chi connectivity index (χ4n) is 2.98. The number of nitrogens with zero attached hydrogens (tertiary/aromatic N) is 3. The number of amides is 2. The van der Waals surface area contributed by atoms with Crippen LogP contribution >= 0.6 is 11.8 Å². The number of aromatic nitrogens is 3. The van der Waals surface area contributed by atoms with Gasteiger partial charge in [0.1, 0.15) is 0 Å². The van der Waals surface area contributed by atoms with Crippen molar-refractivity contribution in [2.75, 3.05) is 10.6 Å². The molecule has 0 fully saturated rings. The van der Waals surface area contributed by atoms with Crippen molar-refractivity contribution in [3.63, 3.8) is 0 Å². The van der Waals surface area contributed by atoms with E-state index in [1.165, 1.54) is 18.7 Å². The molecule has 30 heavy (non-hydrogen) atoms. The molecule has 3 aromatic rings. The first-order valence-corrected chi connectivity index (χ1v) is 10.6. The molecular weight excluding hydrogens is 398 g/mol. The average Bonchev–Trinajstić information content (AvgIpc) is 3.11. The summed E-state index contributed by atoms with van der Waals surface area (Å²) in [7, 11) is 0. The molecule has 8 heteroatoms. The molecule has 0 aliphatic carbocycles. The van der Waals surface area contributed by atoms with E-state index < -0.39 is 0 Å². The fourth-order valence-corrected chi connectivity index (χ4v) is 3.89. The maximum absolute atomic E-state index is 12.7. The van der Waals surface area contributed by atoms with Gasteiger partial charge >= 0.3 is 0 Å². The van der Waals surface area contributed by atoms with Crippen molar-refractivity contribution in [2.24, 2.45) is 0 Å². The highest BCUT2D eigenvalue weighted by atomic mass is 32.2. The van der Waals surface area contributed by atoms with Crippen LogP contribution in [0.1, 0.15) is 26.3 Å². The maximum Gasteiger partial charge on any atom is 0.237 e. The van der Waals surface area contributed by atoms with Crippen LogP contribution in [0, 0.1) is 6.92 Å². The van der Waals surface area contributed by atoms with E-state index in [-0.39, 0.29) is 17.1 Å². The fraction of sp³-hybridized carbons (Fsp3) is 0.273. The van der Waals surface area contributed by atoms with Crippen molar-refractivity contribution in [1.29, 1.82) is 0 Å². The molecule has 1 atom stereocenters. The second-order valence-electron chi connectivity index (χ2n) is 6.87. The van der Waals surface area contributed by atoms with Crippen LogP contribution < -0.4 is 10.6 Å². The van der Waals surface area contributed by atoms with Crippen molar-refractivity contribution >= 4 is 35.0 Å². The van der Waals surface area contributed by atoms with Crippen molar-refractivity contribution < 1.29 is 9.59 Å². The van der Waals surface area contributed by atoms with Crippen LogP contribution in [-0.2, 0) is 16.1 Å². The molecule has 1 aromatic heterocycles. The summed E-state index contributed by atoms with van der Waals surface area (Å²) in [5.74, 6) is 0.538. The molecule has 0 saturated heterocycles. The molecule has 0 unspecified atom stereocenters. The zero-order valence-corrected chi connectivity index (χ0v) is 18.3. The third-order valence-electron chi connectivity index (χ3n) is 4.54. The highest BCUT2D eigenvalue weighted by Crippen LogP contribution is 2.29. The van der Waals surface area contributed by atoms with Crippen LogP contribution in [0.25, 0.3) is 11.4 Å². The molecule has 0 aliphatic rings. The zero-order valence-electron chi connectivity index (χ0n) is 17.5. The Bertz CT molecular complexity index is 1050. The SMILES string of the molecule is CCn1c(S[C@@H](C)C(=O)Nc2ccc(NC(C)=O)cc2)nnc1-c1ccccc1C. The predicted molar refractivity (Wildman–Crippen MR) is 121 cm³/mol. The van der Waals surface area contributed by atoms with Gasteiger partial charge in [-0.1, -0.05) is 36.0 Å². The monoisotopic (exact) mass is 423 g/mol. The predicted octanol–water partition coefficient (Wildman–Crippen LogP) is 4.35. The smallest absolute Gasteiger partial charge is 0.237 e. The van der Waals surface area contributed by atoms with Crippen LogP contribution in [0.5, 0.6) is 0 Å². The Morgan fingerprint density at radius 1 is 1.03 bits per heavy atom. The van der Waals surface area contributed by atoms with Crippen LogP contribution in [0.15, 0.2) is 53.7 Å². The average molecular weight is 424 g/mol. The van der Waals surface area contributed by atoms with Crippen LogP contribution in [0.4, 0.5) is 11.4 Å². The van der Waals surface area contributed by atoms with Gasteiger partial charge in [0.15, 0.2) is 11.0 Å². The van der Waals surface area contributed by atoms with Crippen molar-refractivity contribution in [3.05, 3.63) is 54.1 Å². The summed E-state index contributed by atoms with van der Waals surface area (Å²) in [5.41, 5.74) is 3.52. The molecular formula is C22H25N5O2S. The molecule has 2 amide bonds. The molecule has 1 heterocycles. The summed E-state index contributed by atoms with van der Waals surface area (Å²) in [5, 5.41) is 14.6. The number of carbonyl (C=O) groups excluding carboxylic acids is 2. The van der Waals surface area contributed by atoms with Gasteiger partial charge in [-0.2, -0.15) is 0 Å². The summed E-state index contributed by atoms with van der Waals surface area (Å²) in [6.07, 6.45) is 0. The lowest BCUT2D eigenvalue weighted by Crippen LogP contribution is -2.23. The lowest BCUT2D eigenvalue weighted by atomic mass is 10.1. The molecule has 3 rings (SSSR count). The summed E-state index contributed by atoms with van der Waals surface area (Å²) < 4.78 is 2.03. The van der Waals surface area contributed by atoms with Gasteiger partial charge in [0.25, 0.3) is 0 Å². The minimum Gasteiger partial charge on any atom is -0.326 e. The van der Waals surface area contributed by atoms with Gasteiger partial charge in [0.2, 0.25) is 11.8 Å². The van der Waals surface area contributed by atoms with E-state index >= 15 is 0 Å². The van der Waals surface area contributed by atoms with Crippen molar-refractivity contribution in [1.82, 2.24) is 14.8 Å². The van der Waals surface area contributed by atoms with Gasteiger partial charge in [-0.3, -0.25) is 9.59 Å². The molecule has 0 bridgehead atoms. The topological polar surface area (TPSA) is 88.9 Å². The first kappa shape index (κ1) is 21.6. The minimum atomic E-state index is -0.362. The standard InChI is InChI=1S/C22H25N5O2S/c1-5-27-20(19-9-7-6-8-14(19)2)25-26-22(27)30-15(3)21(29)24-18-12-10-17(11-13-18)23-16(4)28/h6-13,15H,5H2,1-4H3,(H,23,28)(H,24,29)/t15-/m0/s1. The Balaban J connectivity index is 1.70. The Kier molecular flexibility index (Phi) is 6.89. The first-order chi connectivity index (χ1) is 14.4. The van der Waals surface area contributed by atoms with Gasteiger partial charge < -0.3 is 15.2 Å². The molecule has 0 spiro atoms. The number of benzene rings is 2. The number of carbonyl (C=O) groups is 2. The number of anilines is 2. The molecule has 0 aliphatic heterocycles. The van der Waals surface area contributed by atoms with E-state index in [0.29, 0.717) is 23.1 Å². The van der Waals surface area contributed by atoms with E-state index in [1.54, 1.807) is 24.3 Å². The van der Waals surface area contributed by atoms with Gasteiger partial charge in [0, 0.05) is 30.4 Å². The van der Waals surface area contributed by atoms with Crippen molar-refractivity contribution in [3.8, 4) is 11.4 Å². The summed E-state index contributed by atoms with van der Waals surface area (Å²) in [6, 6.07) is 15.1. The van der Waals surface area contributed by atoms with Gasteiger partial charge in [-0.05, 0) is 50.6 Å². The number of thioether (sulfide) groups is 1. The van der Waals surface area contributed by atoms with E-state index in [2.05, 4.69) is 20.8 Å². The molecule has 0 saturated carbocycles. The van der Waals surface area contributed by atoms with Gasteiger partial charge in [-0.15, -0.1) is 10.2 Å². The number of aryl methyl sites for hydroxylation is 1. The van der Waals surface area contributed by atoms with Gasteiger partial charge in [0.05, 0.1) is 5.25 Å². The van der Waals surface area contributed by atoms with Crippen LogP contribution in [0.3, 0.4) is 0 Å². The molecule has 2 N–H and O–H groups in total. The lowest BCUT2D eigenvalue weighted by molar-refractivity contribution is -0.115. The zero-order chi connectivity index (χ0) is 21.7. The second-order valence-corrected chi connectivity index (χ2v) is 8.18. The third kappa shape index (κ3) is 5.07. The number of hydrogen-bond donors (Lipinski definition) is 2. The number of rotatable bonds is 7. The number of hydrogen-bond acceptors (Lipinski definition) is 5. The quantitative estimate of drug-likeness (QED) is 0.552. The summed E-state index contributed by atoms with van der Waals surface area (Å²) in [4.78, 5) is 23.8. The third-order valence-corrected chi connectivity index (χ3v) is 5.62. The Morgan fingerprint density at radius 2 is 1.67 bits per heavy atom. The second kappa shape index (κ2) is 9.58. The van der Waals surface area contributed by atoms with E-state index in [4.69, 9.17) is 0 Å². The molecule has 0 radical (unpaired) electrons. The molecule has 156 valence electrons. The van der Waals surface area contributed by atoms with Crippen LogP contribution in [-0.4, -0.2) is 31.8 Å². The Morgan fingerprint density at radius 3 is 2.27 bits per heavy atom. The lowest BCUT2D eigenvalue weighted by Gasteiger charge is -2.13. The number of nitrogens with one attached hydrogen (secondary N) is 2. The summed E-state index contributed by atoms with van der Waals surface area (Å²) in [6.45, 7) is 8.08. The van der Waals surface area contributed by atoms with Crippen molar-refractivity contribution in [2.45, 2.75) is 44.6 Å². The molecule has 7 nitrogen and oxygen atoms in total. The van der Waals surface area contributed by atoms with Crippen LogP contribution in [0.2, 0.25) is 0 Å². The Hall–Kier alpha value is -3.13. The van der Waals surface area contributed by atoms with Gasteiger partial charge in [-0.25, -0.2) is 0 Å². The van der Waals surface area contributed by atoms with E-state index in [0.717, 1.165) is 17.0 Å². The van der Waals surface area contributed by atoms with E-state index in [1.807, 2.05) is 49.6 Å². The largest absolute Gasteiger partial charge is 0.326 e. The highest BCUT2D eigenvalue weighted by Gasteiger charge is 2.21. The normalized spacial score (nSPS) is 11.7. The molecule has 2 aromatic carbocycles. The first-order valence-electron chi connectivity index (χ1n) is 9.73. The maximum atomic E-state index is 12.7. The highest BCUT2D eigenvalue weighted by molar-refractivity contribution is 8.00. The summed E-state index contributed by atoms with van der Waals surface area (Å²) >= 11 is 1.38. The Labute approximate surface area is 180 Å². The van der Waals surface area contributed by atoms with E-state index in [9.17, 15) is 9.59 Å².